The Bertz CT molecular complexity index is 1200. The summed E-state index contributed by atoms with van der Waals surface area (Å²) in [5.74, 6) is -0.731. The summed E-state index contributed by atoms with van der Waals surface area (Å²) in [6, 6.07) is 13.2. The molecule has 8 heteroatoms. The Morgan fingerprint density at radius 3 is 2.63 bits per heavy atom. The van der Waals surface area contributed by atoms with Crippen molar-refractivity contribution < 1.29 is 23.5 Å². The summed E-state index contributed by atoms with van der Waals surface area (Å²) < 4.78 is 25.2. The van der Waals surface area contributed by atoms with Crippen molar-refractivity contribution in [1.29, 1.82) is 0 Å². The van der Waals surface area contributed by atoms with E-state index in [1.165, 1.54) is 30.6 Å². The molecular formula is C27H28FN3O4. The van der Waals surface area contributed by atoms with Crippen LogP contribution in [-0.4, -0.2) is 59.0 Å². The van der Waals surface area contributed by atoms with Gasteiger partial charge in [0.2, 0.25) is 11.8 Å². The van der Waals surface area contributed by atoms with Crippen LogP contribution in [0.3, 0.4) is 0 Å². The first-order chi connectivity index (χ1) is 17.1. The van der Waals surface area contributed by atoms with E-state index in [0.717, 1.165) is 23.7 Å². The van der Waals surface area contributed by atoms with Crippen molar-refractivity contribution in [1.82, 2.24) is 14.9 Å². The van der Waals surface area contributed by atoms with Gasteiger partial charge >= 0.3 is 0 Å². The van der Waals surface area contributed by atoms with Crippen molar-refractivity contribution in [2.75, 3.05) is 26.3 Å². The van der Waals surface area contributed by atoms with Crippen molar-refractivity contribution >= 4 is 22.6 Å². The standard InChI is InChI=1S/C27H28FN3O4/c28-19-11-9-18(10-12-19)25(32)21-5-1-2-6-22(21)27(33)31-13-14-34-20(15-31)16-35-26-23-7-3-4-8-24(23)29-17-30-26/h3-4,7-12,17,20-22H,1-2,5-6,13-16H2. The number of halogens is 1. The van der Waals surface area contributed by atoms with Crippen molar-refractivity contribution in [3.63, 3.8) is 0 Å². The van der Waals surface area contributed by atoms with E-state index in [1.807, 2.05) is 24.3 Å². The third-order valence-electron chi connectivity index (χ3n) is 6.91. The van der Waals surface area contributed by atoms with Crippen molar-refractivity contribution in [3.05, 3.63) is 66.2 Å². The number of Topliss-reactive ketones (excluding diaryl/α,β-unsaturated/α-hetero) is 1. The molecule has 0 bridgehead atoms. The number of morpholine rings is 1. The molecule has 182 valence electrons. The highest BCUT2D eigenvalue weighted by molar-refractivity contribution is 6.00. The van der Waals surface area contributed by atoms with Gasteiger partial charge in [-0.2, -0.15) is 0 Å². The van der Waals surface area contributed by atoms with Crippen LogP contribution in [0.4, 0.5) is 4.39 Å². The van der Waals surface area contributed by atoms with Crippen LogP contribution in [0.1, 0.15) is 36.0 Å². The van der Waals surface area contributed by atoms with Gasteiger partial charge in [-0.25, -0.2) is 14.4 Å². The molecule has 2 aliphatic rings. The highest BCUT2D eigenvalue weighted by Crippen LogP contribution is 2.34. The molecule has 1 aliphatic heterocycles. The van der Waals surface area contributed by atoms with E-state index >= 15 is 0 Å². The van der Waals surface area contributed by atoms with E-state index in [2.05, 4.69) is 9.97 Å². The van der Waals surface area contributed by atoms with E-state index in [4.69, 9.17) is 9.47 Å². The summed E-state index contributed by atoms with van der Waals surface area (Å²) in [6.07, 6.45) is 4.36. The largest absolute Gasteiger partial charge is 0.474 e. The second kappa shape index (κ2) is 10.5. The Morgan fingerprint density at radius 2 is 1.80 bits per heavy atom. The molecule has 0 spiro atoms. The number of fused-ring (bicyclic) bond motifs is 1. The smallest absolute Gasteiger partial charge is 0.226 e. The molecule has 1 amide bonds. The summed E-state index contributed by atoms with van der Waals surface area (Å²) >= 11 is 0. The number of para-hydroxylation sites is 1. The maximum atomic E-state index is 13.5. The number of ether oxygens (including phenoxy) is 2. The lowest BCUT2D eigenvalue weighted by molar-refractivity contribution is -0.146. The Morgan fingerprint density at radius 1 is 1.03 bits per heavy atom. The minimum absolute atomic E-state index is 0.00838. The van der Waals surface area contributed by atoms with E-state index in [0.29, 0.717) is 44.0 Å². The van der Waals surface area contributed by atoms with E-state index in [9.17, 15) is 14.0 Å². The Hall–Kier alpha value is -3.39. The number of hydrogen-bond donors (Lipinski definition) is 0. The molecule has 7 nitrogen and oxygen atoms in total. The first-order valence-electron chi connectivity index (χ1n) is 12.1. The van der Waals surface area contributed by atoms with Crippen LogP contribution in [0, 0.1) is 17.7 Å². The number of amides is 1. The monoisotopic (exact) mass is 477 g/mol. The molecule has 35 heavy (non-hydrogen) atoms. The van der Waals surface area contributed by atoms with Crippen LogP contribution in [0.25, 0.3) is 10.9 Å². The van der Waals surface area contributed by atoms with Crippen LogP contribution < -0.4 is 4.74 Å². The molecule has 1 saturated carbocycles. The van der Waals surface area contributed by atoms with E-state index in [1.54, 1.807) is 4.90 Å². The summed E-state index contributed by atoms with van der Waals surface area (Å²) in [6.45, 7) is 1.55. The SMILES string of the molecule is O=C(c1ccc(F)cc1)C1CCCCC1C(=O)N1CCOC(COc2ncnc3ccccc23)C1. The van der Waals surface area contributed by atoms with Crippen molar-refractivity contribution in [2.45, 2.75) is 31.8 Å². The normalized spacial score (nSPS) is 22.7. The molecule has 1 aromatic heterocycles. The molecule has 3 unspecified atom stereocenters. The molecular weight excluding hydrogens is 449 g/mol. The zero-order chi connectivity index (χ0) is 24.2. The number of aromatic nitrogens is 2. The predicted molar refractivity (Wildman–Crippen MR) is 128 cm³/mol. The molecule has 2 fully saturated rings. The lowest BCUT2D eigenvalue weighted by atomic mass is 9.74. The number of carbonyl (C=O) groups excluding carboxylic acids is 2. The van der Waals surface area contributed by atoms with Crippen LogP contribution in [0.5, 0.6) is 5.88 Å². The first kappa shape index (κ1) is 23.4. The molecule has 1 saturated heterocycles. The highest BCUT2D eigenvalue weighted by atomic mass is 19.1. The van der Waals surface area contributed by atoms with Crippen LogP contribution in [0.2, 0.25) is 0 Å². The first-order valence-corrected chi connectivity index (χ1v) is 12.1. The number of rotatable bonds is 6. The molecule has 3 aromatic rings. The number of hydrogen-bond acceptors (Lipinski definition) is 6. The molecule has 1 aliphatic carbocycles. The third kappa shape index (κ3) is 5.17. The van der Waals surface area contributed by atoms with Gasteiger partial charge in [-0.05, 0) is 49.2 Å². The quantitative estimate of drug-likeness (QED) is 0.498. The number of benzene rings is 2. The van der Waals surface area contributed by atoms with Gasteiger partial charge < -0.3 is 14.4 Å². The van der Waals surface area contributed by atoms with Gasteiger partial charge in [-0.15, -0.1) is 0 Å². The van der Waals surface area contributed by atoms with Crippen LogP contribution >= 0.6 is 0 Å². The predicted octanol–water partition coefficient (Wildman–Crippen LogP) is 4.06. The van der Waals surface area contributed by atoms with Crippen LogP contribution in [-0.2, 0) is 9.53 Å². The summed E-state index contributed by atoms with van der Waals surface area (Å²) in [7, 11) is 0. The number of nitrogens with zero attached hydrogens (tertiary/aromatic N) is 3. The molecule has 2 aromatic carbocycles. The molecule has 2 heterocycles. The van der Waals surface area contributed by atoms with Gasteiger partial charge in [0.15, 0.2) is 5.78 Å². The minimum Gasteiger partial charge on any atom is -0.474 e. The number of carbonyl (C=O) groups is 2. The van der Waals surface area contributed by atoms with Crippen LogP contribution in [0.15, 0.2) is 54.9 Å². The fourth-order valence-electron chi connectivity index (χ4n) is 5.09. The maximum Gasteiger partial charge on any atom is 0.226 e. The second-order valence-corrected chi connectivity index (χ2v) is 9.15. The van der Waals surface area contributed by atoms with Gasteiger partial charge in [-0.1, -0.05) is 25.0 Å². The van der Waals surface area contributed by atoms with Crippen molar-refractivity contribution in [2.24, 2.45) is 11.8 Å². The Kier molecular flexibility index (Phi) is 6.99. The summed E-state index contributed by atoms with van der Waals surface area (Å²) in [5, 5.41) is 0.822. The molecule has 0 N–H and O–H groups in total. The average molecular weight is 478 g/mol. The zero-order valence-corrected chi connectivity index (χ0v) is 19.4. The summed E-state index contributed by atoms with van der Waals surface area (Å²) in [4.78, 5) is 37.0. The lowest BCUT2D eigenvalue weighted by Crippen LogP contribution is -2.51. The van der Waals surface area contributed by atoms with Gasteiger partial charge in [0, 0.05) is 23.9 Å². The molecule has 3 atom stereocenters. The zero-order valence-electron chi connectivity index (χ0n) is 19.4. The van der Waals surface area contributed by atoms with Gasteiger partial charge in [0.05, 0.1) is 24.1 Å². The van der Waals surface area contributed by atoms with Gasteiger partial charge in [0.25, 0.3) is 0 Å². The van der Waals surface area contributed by atoms with E-state index in [-0.39, 0.29) is 42.1 Å². The topological polar surface area (TPSA) is 81.6 Å². The second-order valence-electron chi connectivity index (χ2n) is 9.15. The molecule has 5 rings (SSSR count). The maximum absolute atomic E-state index is 13.5. The minimum atomic E-state index is -0.383. The fourth-order valence-corrected chi connectivity index (χ4v) is 5.09. The summed E-state index contributed by atoms with van der Waals surface area (Å²) in [5.41, 5.74) is 1.26. The lowest BCUT2D eigenvalue weighted by Gasteiger charge is -2.38. The fraction of sp³-hybridized carbons (Fsp3) is 0.407. The van der Waals surface area contributed by atoms with E-state index < -0.39 is 0 Å². The van der Waals surface area contributed by atoms with Crippen molar-refractivity contribution in [3.8, 4) is 5.88 Å². The van der Waals surface area contributed by atoms with Gasteiger partial charge in [-0.3, -0.25) is 9.59 Å². The highest BCUT2D eigenvalue weighted by Gasteiger charge is 2.39. The van der Waals surface area contributed by atoms with Gasteiger partial charge in [0.1, 0.15) is 24.9 Å². The third-order valence-corrected chi connectivity index (χ3v) is 6.91. The Balaban J connectivity index is 1.24. The number of ketones is 1. The Labute approximate surface area is 203 Å². The molecule has 0 radical (unpaired) electrons. The average Bonchev–Trinajstić information content (AvgIpc) is 2.91.